The van der Waals surface area contributed by atoms with Gasteiger partial charge in [-0.25, -0.2) is 13.1 Å². The van der Waals surface area contributed by atoms with Gasteiger partial charge in [0.1, 0.15) is 0 Å². The maximum atomic E-state index is 12.2. The van der Waals surface area contributed by atoms with Crippen molar-refractivity contribution in [2.45, 2.75) is 38.1 Å². The van der Waals surface area contributed by atoms with Crippen LogP contribution in [0.2, 0.25) is 0 Å². The number of guanidine groups is 1. The van der Waals surface area contributed by atoms with Gasteiger partial charge >= 0.3 is 0 Å². The van der Waals surface area contributed by atoms with Crippen molar-refractivity contribution in [3.8, 4) is 0 Å². The molecule has 0 fully saturated rings. The molecule has 11 heteroatoms. The lowest BCUT2D eigenvalue weighted by molar-refractivity contribution is -0.385. The quantitative estimate of drug-likeness (QED) is 0.131. The largest absolute Gasteiger partial charge is 0.357 e. The van der Waals surface area contributed by atoms with E-state index in [1.165, 1.54) is 18.2 Å². The molecule has 0 aliphatic rings. The normalized spacial score (nSPS) is 12.2. The molecule has 1 aromatic carbocycles. The van der Waals surface area contributed by atoms with Gasteiger partial charge in [-0.3, -0.25) is 15.1 Å². The molecule has 0 atom stereocenters. The molecule has 0 saturated heterocycles. The predicted molar refractivity (Wildman–Crippen MR) is 113 cm³/mol. The molecular formula is C15H26IN5O4S. The third-order valence-corrected chi connectivity index (χ3v) is 4.31. The molecular weight excluding hydrogens is 473 g/mol. The minimum Gasteiger partial charge on any atom is -0.357 e. The SMILES string of the molecule is CCNC(=NCCNS(=O)(=O)c1cccc([N+](=O)[O-])c1)NC(C)(C)C.I. The van der Waals surface area contributed by atoms with Crippen LogP contribution in [0.25, 0.3) is 0 Å². The molecule has 0 bridgehead atoms. The van der Waals surface area contributed by atoms with Crippen LogP contribution in [0.3, 0.4) is 0 Å². The van der Waals surface area contributed by atoms with Gasteiger partial charge in [-0.1, -0.05) is 6.07 Å². The van der Waals surface area contributed by atoms with Gasteiger partial charge in [0.2, 0.25) is 10.0 Å². The molecule has 0 spiro atoms. The number of nitrogens with zero attached hydrogens (tertiary/aromatic N) is 2. The molecule has 3 N–H and O–H groups in total. The maximum absolute atomic E-state index is 12.2. The third kappa shape index (κ3) is 8.76. The van der Waals surface area contributed by atoms with E-state index in [1.54, 1.807) is 0 Å². The Balaban J connectivity index is 0.00000625. The number of nitro groups is 1. The smallest absolute Gasteiger partial charge is 0.270 e. The molecule has 0 aliphatic heterocycles. The van der Waals surface area contributed by atoms with Crippen molar-refractivity contribution in [2.24, 2.45) is 4.99 Å². The van der Waals surface area contributed by atoms with Crippen molar-refractivity contribution >= 4 is 45.6 Å². The summed E-state index contributed by atoms with van der Waals surface area (Å²) in [6.45, 7) is 8.89. The molecule has 0 heterocycles. The summed E-state index contributed by atoms with van der Waals surface area (Å²) >= 11 is 0. The monoisotopic (exact) mass is 499 g/mol. The highest BCUT2D eigenvalue weighted by Crippen LogP contribution is 2.16. The first kappa shape index (κ1) is 24.5. The molecule has 1 rings (SSSR count). The van der Waals surface area contributed by atoms with Crippen LogP contribution in [0.4, 0.5) is 5.69 Å². The Bertz CT molecular complexity index is 732. The lowest BCUT2D eigenvalue weighted by Gasteiger charge is -2.23. The summed E-state index contributed by atoms with van der Waals surface area (Å²) in [7, 11) is -3.83. The van der Waals surface area contributed by atoms with E-state index in [-0.39, 0.29) is 53.2 Å². The van der Waals surface area contributed by atoms with E-state index in [1.807, 2.05) is 27.7 Å². The number of sulfonamides is 1. The zero-order chi connectivity index (χ0) is 19.1. The molecule has 0 aliphatic carbocycles. The molecule has 0 amide bonds. The number of nitrogens with one attached hydrogen (secondary N) is 3. The molecule has 0 aromatic heterocycles. The predicted octanol–water partition coefficient (Wildman–Crippen LogP) is 1.84. The van der Waals surface area contributed by atoms with Crippen LogP contribution >= 0.6 is 24.0 Å². The molecule has 0 saturated carbocycles. The lowest BCUT2D eigenvalue weighted by atomic mass is 10.1. The average molecular weight is 499 g/mol. The summed E-state index contributed by atoms with van der Waals surface area (Å²) < 4.78 is 26.8. The highest BCUT2D eigenvalue weighted by molar-refractivity contribution is 14.0. The van der Waals surface area contributed by atoms with Crippen LogP contribution in [0, 0.1) is 10.1 Å². The second kappa shape index (κ2) is 10.6. The second-order valence-electron chi connectivity index (χ2n) is 6.29. The fourth-order valence-electron chi connectivity index (χ4n) is 1.86. The van der Waals surface area contributed by atoms with Gasteiger partial charge in [-0.2, -0.15) is 0 Å². The van der Waals surface area contributed by atoms with Gasteiger partial charge < -0.3 is 10.6 Å². The van der Waals surface area contributed by atoms with E-state index >= 15 is 0 Å². The zero-order valence-electron chi connectivity index (χ0n) is 15.3. The van der Waals surface area contributed by atoms with Gasteiger partial charge in [0.05, 0.1) is 16.4 Å². The van der Waals surface area contributed by atoms with Crippen molar-refractivity contribution in [3.05, 3.63) is 34.4 Å². The second-order valence-corrected chi connectivity index (χ2v) is 8.05. The molecule has 0 unspecified atom stereocenters. The lowest BCUT2D eigenvalue weighted by Crippen LogP contribution is -2.47. The standard InChI is InChI=1S/C15H25N5O4S.HI/c1-5-16-14(19-15(2,3)4)17-9-10-18-25(23,24)13-8-6-7-12(11-13)20(21)22;/h6-8,11,18H,5,9-10H2,1-4H3,(H2,16,17,19);1H. The number of nitro benzene ring substituents is 1. The number of aliphatic imine (C=N–C) groups is 1. The summed E-state index contributed by atoms with van der Waals surface area (Å²) in [6.07, 6.45) is 0. The van der Waals surface area contributed by atoms with E-state index in [2.05, 4.69) is 20.3 Å². The fourth-order valence-corrected chi connectivity index (χ4v) is 2.92. The van der Waals surface area contributed by atoms with Crippen molar-refractivity contribution in [3.63, 3.8) is 0 Å². The van der Waals surface area contributed by atoms with Gasteiger partial charge in [0.15, 0.2) is 5.96 Å². The van der Waals surface area contributed by atoms with Crippen molar-refractivity contribution in [1.29, 1.82) is 0 Å². The van der Waals surface area contributed by atoms with Crippen LogP contribution in [0.5, 0.6) is 0 Å². The molecule has 148 valence electrons. The Kier molecular flexibility index (Phi) is 10.0. The summed E-state index contributed by atoms with van der Waals surface area (Å²) in [5.41, 5.74) is -0.451. The Hall–Kier alpha value is -1.47. The van der Waals surface area contributed by atoms with Crippen LogP contribution in [-0.2, 0) is 10.0 Å². The Morgan fingerprint density at radius 2 is 1.96 bits per heavy atom. The number of hydrogen-bond donors (Lipinski definition) is 3. The molecule has 26 heavy (non-hydrogen) atoms. The topological polar surface area (TPSA) is 126 Å². The average Bonchev–Trinajstić information content (AvgIpc) is 2.50. The summed E-state index contributed by atoms with van der Waals surface area (Å²) in [5.74, 6) is 0.588. The molecule has 0 radical (unpaired) electrons. The summed E-state index contributed by atoms with van der Waals surface area (Å²) in [4.78, 5) is 14.3. The van der Waals surface area contributed by atoms with E-state index < -0.39 is 14.9 Å². The minimum absolute atomic E-state index is 0. The first-order valence-corrected chi connectivity index (χ1v) is 9.34. The first-order valence-electron chi connectivity index (χ1n) is 7.86. The van der Waals surface area contributed by atoms with E-state index in [0.29, 0.717) is 12.5 Å². The van der Waals surface area contributed by atoms with Crippen LogP contribution in [0.15, 0.2) is 34.2 Å². The Labute approximate surface area is 171 Å². The zero-order valence-corrected chi connectivity index (χ0v) is 18.4. The van der Waals surface area contributed by atoms with Crippen molar-refractivity contribution in [1.82, 2.24) is 15.4 Å². The van der Waals surface area contributed by atoms with Gasteiger partial charge in [-0.05, 0) is 33.8 Å². The minimum atomic E-state index is -3.83. The van der Waals surface area contributed by atoms with E-state index in [9.17, 15) is 18.5 Å². The summed E-state index contributed by atoms with van der Waals surface area (Å²) in [6, 6.07) is 4.91. The Morgan fingerprint density at radius 1 is 1.31 bits per heavy atom. The number of non-ortho nitro benzene ring substituents is 1. The molecule has 9 nitrogen and oxygen atoms in total. The highest BCUT2D eigenvalue weighted by atomic mass is 127. The summed E-state index contributed by atoms with van der Waals surface area (Å²) in [5, 5.41) is 17.0. The van der Waals surface area contributed by atoms with Gasteiger partial charge in [0.25, 0.3) is 5.69 Å². The number of halogens is 1. The first-order chi connectivity index (χ1) is 11.5. The fraction of sp³-hybridized carbons (Fsp3) is 0.533. The van der Waals surface area contributed by atoms with Gasteiger partial charge in [0, 0.05) is 30.8 Å². The van der Waals surface area contributed by atoms with Crippen LogP contribution < -0.4 is 15.4 Å². The van der Waals surface area contributed by atoms with Crippen molar-refractivity contribution in [2.75, 3.05) is 19.6 Å². The number of benzene rings is 1. The third-order valence-electron chi connectivity index (χ3n) is 2.85. The van der Waals surface area contributed by atoms with Crippen molar-refractivity contribution < 1.29 is 13.3 Å². The van der Waals surface area contributed by atoms with E-state index in [0.717, 1.165) is 6.07 Å². The van der Waals surface area contributed by atoms with Gasteiger partial charge in [-0.15, -0.1) is 24.0 Å². The maximum Gasteiger partial charge on any atom is 0.270 e. The van der Waals surface area contributed by atoms with Crippen LogP contribution in [0.1, 0.15) is 27.7 Å². The highest BCUT2D eigenvalue weighted by Gasteiger charge is 2.17. The van der Waals surface area contributed by atoms with Crippen LogP contribution in [-0.4, -0.2) is 44.5 Å². The molecule has 1 aromatic rings. The number of rotatable bonds is 7. The number of hydrogen-bond acceptors (Lipinski definition) is 5. The Morgan fingerprint density at radius 3 is 2.50 bits per heavy atom. The van der Waals surface area contributed by atoms with E-state index in [4.69, 9.17) is 0 Å².